The fourth-order valence-electron chi connectivity index (χ4n) is 2.78. The van der Waals surface area contributed by atoms with Gasteiger partial charge < -0.3 is 0 Å². The highest BCUT2D eigenvalue weighted by atomic mass is 35.5. The predicted molar refractivity (Wildman–Crippen MR) is 81.1 cm³/mol. The summed E-state index contributed by atoms with van der Waals surface area (Å²) >= 11 is 12.3. The van der Waals surface area contributed by atoms with E-state index in [0.717, 1.165) is 48.1 Å². The summed E-state index contributed by atoms with van der Waals surface area (Å²) in [6.45, 7) is 0. The molecule has 0 bridgehead atoms. The molecule has 100 valence electrons. The molecule has 1 aliphatic rings. The number of pyridine rings is 1. The first-order valence-electron chi connectivity index (χ1n) is 6.58. The molecule has 0 aliphatic heterocycles. The Balaban J connectivity index is 2.32. The summed E-state index contributed by atoms with van der Waals surface area (Å²) in [5.41, 5.74) is 4.48. The Morgan fingerprint density at radius 1 is 1.15 bits per heavy atom. The molecule has 1 aromatic heterocycles. The zero-order valence-electron chi connectivity index (χ0n) is 10.8. The van der Waals surface area contributed by atoms with Gasteiger partial charge in [0.25, 0.3) is 0 Å². The van der Waals surface area contributed by atoms with Crippen LogP contribution in [0.15, 0.2) is 24.3 Å². The summed E-state index contributed by atoms with van der Waals surface area (Å²) in [7, 11) is 0. The Morgan fingerprint density at radius 2 is 1.95 bits per heavy atom. The van der Waals surface area contributed by atoms with E-state index >= 15 is 0 Å². The van der Waals surface area contributed by atoms with Crippen LogP contribution in [-0.4, -0.2) is 4.98 Å². The van der Waals surface area contributed by atoms with Gasteiger partial charge in [-0.3, -0.25) is 0 Å². The molecule has 2 nitrogen and oxygen atoms in total. The number of benzene rings is 1. The van der Waals surface area contributed by atoms with Crippen molar-refractivity contribution >= 4 is 23.2 Å². The van der Waals surface area contributed by atoms with Crippen molar-refractivity contribution in [2.24, 2.45) is 0 Å². The van der Waals surface area contributed by atoms with Gasteiger partial charge in [0.1, 0.15) is 11.2 Å². The standard InChI is InChI=1S/C16H12Cl2N2/c17-11-5-3-4-10(8-11)15-12-6-1-2-7-14(12)20-16(18)13(15)9-19/h3-5,8H,1-2,6-7H2. The summed E-state index contributed by atoms with van der Waals surface area (Å²) in [5, 5.41) is 10.4. The molecule has 4 heteroatoms. The van der Waals surface area contributed by atoms with E-state index in [1.165, 1.54) is 0 Å². The van der Waals surface area contributed by atoms with Crippen LogP contribution < -0.4 is 0 Å². The van der Waals surface area contributed by atoms with Gasteiger partial charge in [-0.25, -0.2) is 4.98 Å². The van der Waals surface area contributed by atoms with E-state index in [1.54, 1.807) is 0 Å². The molecule has 0 saturated carbocycles. The van der Waals surface area contributed by atoms with Crippen molar-refractivity contribution in [2.75, 3.05) is 0 Å². The second-order valence-electron chi connectivity index (χ2n) is 4.91. The van der Waals surface area contributed by atoms with Crippen molar-refractivity contribution in [3.05, 3.63) is 51.3 Å². The van der Waals surface area contributed by atoms with Gasteiger partial charge >= 0.3 is 0 Å². The van der Waals surface area contributed by atoms with Crippen LogP contribution in [0.25, 0.3) is 11.1 Å². The molecule has 1 aromatic carbocycles. The third-order valence-corrected chi connectivity index (χ3v) is 4.16. The first kappa shape index (κ1) is 13.4. The normalized spacial score (nSPS) is 13.7. The lowest BCUT2D eigenvalue weighted by Crippen LogP contribution is -2.09. The zero-order chi connectivity index (χ0) is 14.1. The molecule has 2 aromatic rings. The van der Waals surface area contributed by atoms with Crippen LogP contribution in [0.1, 0.15) is 29.7 Å². The molecule has 0 amide bonds. The van der Waals surface area contributed by atoms with Crippen LogP contribution in [0, 0.1) is 11.3 Å². The number of hydrogen-bond acceptors (Lipinski definition) is 2. The molecule has 1 aliphatic carbocycles. The quantitative estimate of drug-likeness (QED) is 0.709. The third-order valence-electron chi connectivity index (χ3n) is 3.65. The highest BCUT2D eigenvalue weighted by molar-refractivity contribution is 6.31. The SMILES string of the molecule is N#Cc1c(Cl)nc2c(c1-c1cccc(Cl)c1)CCCC2. The van der Waals surface area contributed by atoms with Crippen LogP contribution in [0.3, 0.4) is 0 Å². The van der Waals surface area contributed by atoms with E-state index in [1.807, 2.05) is 24.3 Å². The summed E-state index contributed by atoms with van der Waals surface area (Å²) in [5.74, 6) is 0. The largest absolute Gasteiger partial charge is 0.239 e. The van der Waals surface area contributed by atoms with Gasteiger partial charge in [-0.05, 0) is 48.9 Å². The maximum absolute atomic E-state index is 9.42. The van der Waals surface area contributed by atoms with Gasteiger partial charge in [-0.2, -0.15) is 5.26 Å². The molecular formula is C16H12Cl2N2. The maximum atomic E-state index is 9.42. The molecule has 20 heavy (non-hydrogen) atoms. The average molecular weight is 303 g/mol. The Morgan fingerprint density at radius 3 is 2.70 bits per heavy atom. The fraction of sp³-hybridized carbons (Fsp3) is 0.250. The molecule has 0 N–H and O–H groups in total. The summed E-state index contributed by atoms with van der Waals surface area (Å²) in [6.07, 6.45) is 4.11. The molecule has 0 spiro atoms. The van der Waals surface area contributed by atoms with E-state index < -0.39 is 0 Å². The number of hydrogen-bond donors (Lipinski definition) is 0. The predicted octanol–water partition coefficient (Wildman–Crippen LogP) is 4.81. The minimum Gasteiger partial charge on any atom is -0.239 e. The van der Waals surface area contributed by atoms with Crippen molar-refractivity contribution in [1.29, 1.82) is 5.26 Å². The summed E-state index contributed by atoms with van der Waals surface area (Å²) < 4.78 is 0. The van der Waals surface area contributed by atoms with Crippen molar-refractivity contribution in [3.63, 3.8) is 0 Å². The Kier molecular flexibility index (Phi) is 3.65. The van der Waals surface area contributed by atoms with Gasteiger partial charge in [0.15, 0.2) is 0 Å². The number of nitriles is 1. The minimum atomic E-state index is 0.295. The van der Waals surface area contributed by atoms with Crippen molar-refractivity contribution in [1.82, 2.24) is 4.98 Å². The Hall–Kier alpha value is -1.56. The lowest BCUT2D eigenvalue weighted by molar-refractivity contribution is 0.669. The van der Waals surface area contributed by atoms with Gasteiger partial charge in [0, 0.05) is 16.3 Å². The number of nitrogens with zero attached hydrogens (tertiary/aromatic N) is 2. The van der Waals surface area contributed by atoms with Gasteiger partial charge in [0.2, 0.25) is 0 Å². The van der Waals surface area contributed by atoms with Crippen LogP contribution in [0.5, 0.6) is 0 Å². The van der Waals surface area contributed by atoms with Crippen LogP contribution >= 0.6 is 23.2 Å². The number of fused-ring (bicyclic) bond motifs is 1. The fourth-order valence-corrected chi connectivity index (χ4v) is 3.20. The first-order chi connectivity index (χ1) is 9.70. The van der Waals surface area contributed by atoms with Gasteiger partial charge in [-0.1, -0.05) is 35.3 Å². The molecule has 0 fully saturated rings. The number of halogens is 2. The van der Waals surface area contributed by atoms with Crippen LogP contribution in [0.2, 0.25) is 10.2 Å². The zero-order valence-corrected chi connectivity index (χ0v) is 12.3. The molecule has 0 saturated heterocycles. The third kappa shape index (κ3) is 2.28. The van der Waals surface area contributed by atoms with E-state index in [0.29, 0.717) is 15.7 Å². The molecule has 0 atom stereocenters. The molecule has 1 heterocycles. The smallest absolute Gasteiger partial charge is 0.147 e. The van der Waals surface area contributed by atoms with E-state index in [-0.39, 0.29) is 0 Å². The topological polar surface area (TPSA) is 36.7 Å². The lowest BCUT2D eigenvalue weighted by atomic mass is 9.87. The maximum Gasteiger partial charge on any atom is 0.147 e. The molecule has 3 rings (SSSR count). The lowest BCUT2D eigenvalue weighted by Gasteiger charge is -2.20. The molecule has 0 unspecified atom stereocenters. The Labute approximate surface area is 128 Å². The number of aryl methyl sites for hydroxylation is 1. The van der Waals surface area contributed by atoms with Crippen molar-refractivity contribution < 1.29 is 0 Å². The molecular weight excluding hydrogens is 291 g/mol. The van der Waals surface area contributed by atoms with Gasteiger partial charge in [0.05, 0.1) is 5.56 Å². The van der Waals surface area contributed by atoms with E-state index in [2.05, 4.69) is 11.1 Å². The summed E-state index contributed by atoms with van der Waals surface area (Å²) in [4.78, 5) is 4.40. The second-order valence-corrected chi connectivity index (χ2v) is 5.70. The van der Waals surface area contributed by atoms with Crippen molar-refractivity contribution in [2.45, 2.75) is 25.7 Å². The number of aromatic nitrogens is 1. The highest BCUT2D eigenvalue weighted by Crippen LogP contribution is 2.37. The second kappa shape index (κ2) is 5.44. The molecule has 0 radical (unpaired) electrons. The number of rotatable bonds is 1. The van der Waals surface area contributed by atoms with Crippen molar-refractivity contribution in [3.8, 4) is 17.2 Å². The Bertz CT molecular complexity index is 717. The minimum absolute atomic E-state index is 0.295. The summed E-state index contributed by atoms with van der Waals surface area (Å²) in [6, 6.07) is 9.75. The first-order valence-corrected chi connectivity index (χ1v) is 7.33. The van der Waals surface area contributed by atoms with Crippen LogP contribution in [-0.2, 0) is 12.8 Å². The monoisotopic (exact) mass is 302 g/mol. The van der Waals surface area contributed by atoms with Gasteiger partial charge in [-0.15, -0.1) is 0 Å². The highest BCUT2D eigenvalue weighted by Gasteiger charge is 2.22. The average Bonchev–Trinajstić information content (AvgIpc) is 2.45. The van der Waals surface area contributed by atoms with Crippen LogP contribution in [0.4, 0.5) is 0 Å². The van der Waals surface area contributed by atoms with E-state index in [9.17, 15) is 5.26 Å². The van der Waals surface area contributed by atoms with E-state index in [4.69, 9.17) is 23.2 Å².